The minimum atomic E-state index is -2.80. The maximum atomic E-state index is 10.4. The quantitative estimate of drug-likeness (QED) is 0.624. The number of hydrogen-bond donors (Lipinski definition) is 2. The summed E-state index contributed by atoms with van der Waals surface area (Å²) in [5, 5.41) is 20.7. The molecule has 1 aliphatic heterocycles. The van der Waals surface area contributed by atoms with Crippen LogP contribution in [0.3, 0.4) is 0 Å². The van der Waals surface area contributed by atoms with Crippen molar-refractivity contribution in [3.8, 4) is 28.7 Å². The van der Waals surface area contributed by atoms with Crippen molar-refractivity contribution in [3.05, 3.63) is 41.5 Å². The number of methoxy groups -OCH3 is 3. The van der Waals surface area contributed by atoms with E-state index in [0.717, 1.165) is 0 Å². The van der Waals surface area contributed by atoms with Crippen molar-refractivity contribution in [3.63, 3.8) is 0 Å². The third-order valence-corrected chi connectivity index (χ3v) is 4.89. The van der Waals surface area contributed by atoms with E-state index in [1.54, 1.807) is 30.3 Å². The lowest BCUT2D eigenvalue weighted by molar-refractivity contribution is 0.119. The molecule has 2 N–H and O–H groups in total. The lowest BCUT2D eigenvalue weighted by Gasteiger charge is -2.25. The van der Waals surface area contributed by atoms with Gasteiger partial charge in [-0.05, 0) is 60.1 Å². The van der Waals surface area contributed by atoms with Gasteiger partial charge in [-0.25, -0.2) is 0 Å². The van der Waals surface area contributed by atoms with E-state index in [1.807, 2.05) is 0 Å². The van der Waals surface area contributed by atoms with Gasteiger partial charge in [-0.3, -0.25) is 0 Å². The van der Waals surface area contributed by atoms with Gasteiger partial charge < -0.3 is 33.9 Å². The van der Waals surface area contributed by atoms with Crippen LogP contribution >= 0.6 is 0 Å². The number of ether oxygens (including phenoxy) is 5. The summed E-state index contributed by atoms with van der Waals surface area (Å²) in [6, 6.07) is 8.19. The molecule has 3 rings (SSSR count). The highest BCUT2D eigenvalue weighted by Gasteiger charge is 2.25. The number of benzene rings is 2. The van der Waals surface area contributed by atoms with Gasteiger partial charge in [0.05, 0.1) is 26.8 Å². The van der Waals surface area contributed by atoms with Crippen LogP contribution in [-0.4, -0.2) is 51.5 Å². The molecule has 0 fully saturated rings. The fourth-order valence-electron chi connectivity index (χ4n) is 3.37. The molecule has 7 heteroatoms. The summed E-state index contributed by atoms with van der Waals surface area (Å²) in [4.78, 5) is 0. The van der Waals surface area contributed by atoms with Crippen molar-refractivity contribution in [2.24, 2.45) is 11.8 Å². The fraction of sp³-hybridized carbons (Fsp3) is 0.455. The summed E-state index contributed by atoms with van der Waals surface area (Å²) in [5.41, 5.74) is 1.11. The Kier molecular flexibility index (Phi) is 5.42. The highest BCUT2D eigenvalue weighted by molar-refractivity contribution is 5.55. The summed E-state index contributed by atoms with van der Waals surface area (Å²) >= 11 is 0. The second kappa shape index (κ2) is 9.71. The van der Waals surface area contributed by atoms with Crippen molar-refractivity contribution in [1.82, 2.24) is 0 Å². The highest BCUT2D eigenvalue weighted by Crippen LogP contribution is 2.42. The largest absolute Gasteiger partial charge is 0.493 e. The van der Waals surface area contributed by atoms with E-state index in [-0.39, 0.29) is 19.6 Å². The number of fused-ring (bicyclic) bond motifs is 1. The van der Waals surface area contributed by atoms with E-state index in [9.17, 15) is 10.2 Å². The summed E-state index contributed by atoms with van der Waals surface area (Å²) in [6.07, 6.45) is -0.176. The van der Waals surface area contributed by atoms with Gasteiger partial charge in [-0.1, -0.05) is 6.07 Å². The molecule has 0 unspecified atom stereocenters. The second-order valence-corrected chi connectivity index (χ2v) is 6.60. The van der Waals surface area contributed by atoms with Crippen molar-refractivity contribution < 1.29 is 39.4 Å². The normalized spacial score (nSPS) is 17.4. The maximum absolute atomic E-state index is 10.4. The molecule has 0 bridgehead atoms. The first-order valence-corrected chi connectivity index (χ1v) is 9.10. The van der Waals surface area contributed by atoms with Gasteiger partial charge in [-0.2, -0.15) is 0 Å². The average Bonchev–Trinajstić information content (AvgIpc) is 3.22. The predicted molar refractivity (Wildman–Crippen MR) is 107 cm³/mol. The topological polar surface area (TPSA) is 86.6 Å². The zero-order chi connectivity index (χ0) is 24.4. The standard InChI is InChI=1S/C22H28O7/c1-25-18-5-4-14(8-19(18)26-2)6-16(11-23)17(12-24)7-15-9-20(27-3)22-21(10-15)28-13-29-22/h4-5,8-10,16-17,23-24H,6-7,11-13H2,1-3H3/t16-,17-/m0/s1/i11D2,12D2. The van der Waals surface area contributed by atoms with E-state index in [0.29, 0.717) is 39.9 Å². The third kappa shape index (κ3) is 4.68. The van der Waals surface area contributed by atoms with Crippen LogP contribution in [0.15, 0.2) is 30.3 Å². The molecule has 29 heavy (non-hydrogen) atoms. The van der Waals surface area contributed by atoms with Gasteiger partial charge in [0.25, 0.3) is 0 Å². The summed E-state index contributed by atoms with van der Waals surface area (Å²) < 4.78 is 58.7. The van der Waals surface area contributed by atoms with Gasteiger partial charge in [-0.15, -0.1) is 0 Å². The minimum absolute atomic E-state index is 0.0144. The molecule has 2 aromatic rings. The summed E-state index contributed by atoms with van der Waals surface area (Å²) in [6.45, 7) is -5.59. The first-order valence-electron chi connectivity index (χ1n) is 11.1. The maximum Gasteiger partial charge on any atom is 0.231 e. The molecule has 158 valence electrons. The van der Waals surface area contributed by atoms with E-state index in [2.05, 4.69) is 0 Å². The Morgan fingerprint density at radius 1 is 0.862 bits per heavy atom. The Balaban J connectivity index is 1.98. The lowest BCUT2D eigenvalue weighted by Crippen LogP contribution is -2.26. The zero-order valence-electron chi connectivity index (χ0n) is 20.6. The molecule has 0 radical (unpaired) electrons. The molecule has 2 atom stereocenters. The number of hydrogen-bond acceptors (Lipinski definition) is 7. The molecular weight excluding hydrogens is 376 g/mol. The first-order chi connectivity index (χ1) is 15.5. The highest BCUT2D eigenvalue weighted by atomic mass is 16.7. The monoisotopic (exact) mass is 408 g/mol. The smallest absolute Gasteiger partial charge is 0.231 e. The first kappa shape index (κ1) is 16.2. The Hall–Kier alpha value is -2.64. The van der Waals surface area contributed by atoms with Crippen LogP contribution in [-0.2, 0) is 12.8 Å². The van der Waals surface area contributed by atoms with Gasteiger partial charge in [0, 0.05) is 13.1 Å². The Labute approximate surface area is 176 Å². The van der Waals surface area contributed by atoms with Crippen LogP contribution in [0.4, 0.5) is 0 Å². The van der Waals surface area contributed by atoms with Crippen LogP contribution in [0, 0.1) is 11.8 Å². The van der Waals surface area contributed by atoms with Crippen molar-refractivity contribution in [2.75, 3.05) is 41.2 Å². The number of rotatable bonds is 10. The van der Waals surface area contributed by atoms with Crippen LogP contribution in [0.2, 0.25) is 0 Å². The summed E-state index contributed by atoms with van der Waals surface area (Å²) in [5.74, 6) is -0.541. The van der Waals surface area contributed by atoms with E-state index in [1.165, 1.54) is 21.3 Å². The molecule has 2 aromatic carbocycles. The second-order valence-electron chi connectivity index (χ2n) is 6.60. The predicted octanol–water partition coefficient (Wildman–Crippen LogP) is 2.44. The molecule has 7 nitrogen and oxygen atoms in total. The van der Waals surface area contributed by atoms with Gasteiger partial charge in [0.15, 0.2) is 23.0 Å². The van der Waals surface area contributed by atoms with E-state index < -0.39 is 25.0 Å². The molecule has 0 spiro atoms. The van der Waals surface area contributed by atoms with Crippen molar-refractivity contribution in [1.29, 1.82) is 0 Å². The van der Waals surface area contributed by atoms with Crippen LogP contribution < -0.4 is 23.7 Å². The van der Waals surface area contributed by atoms with Gasteiger partial charge >= 0.3 is 0 Å². The molecule has 1 heterocycles. The Morgan fingerprint density at radius 3 is 2.10 bits per heavy atom. The minimum Gasteiger partial charge on any atom is -0.493 e. The molecule has 0 saturated carbocycles. The molecule has 0 amide bonds. The zero-order valence-corrected chi connectivity index (χ0v) is 16.6. The van der Waals surface area contributed by atoms with Crippen LogP contribution in [0.25, 0.3) is 0 Å². The fourth-order valence-corrected chi connectivity index (χ4v) is 3.37. The van der Waals surface area contributed by atoms with E-state index >= 15 is 0 Å². The molecule has 0 aromatic heterocycles. The van der Waals surface area contributed by atoms with Crippen LogP contribution in [0.5, 0.6) is 28.7 Å². The van der Waals surface area contributed by atoms with Crippen LogP contribution in [0.1, 0.15) is 16.6 Å². The summed E-state index contributed by atoms with van der Waals surface area (Å²) in [7, 11) is 4.41. The SMILES string of the molecule is [2H]C([2H])(O)[C@H](Cc1ccc(OC)c(OC)c1)[C@@H](Cc1cc(OC)c2c(c1)OCO2)C([2H])([2H])O. The average molecular weight is 408 g/mol. The van der Waals surface area contributed by atoms with E-state index in [4.69, 9.17) is 29.2 Å². The van der Waals surface area contributed by atoms with Crippen molar-refractivity contribution >= 4 is 0 Å². The van der Waals surface area contributed by atoms with Gasteiger partial charge in [0.1, 0.15) is 0 Å². The Bertz CT molecular complexity index is 972. The Morgan fingerprint density at radius 2 is 1.48 bits per heavy atom. The lowest BCUT2D eigenvalue weighted by atomic mass is 9.83. The number of aliphatic hydroxyl groups is 2. The van der Waals surface area contributed by atoms with Gasteiger partial charge in [0.2, 0.25) is 12.5 Å². The molecule has 1 aliphatic rings. The van der Waals surface area contributed by atoms with Crippen molar-refractivity contribution in [2.45, 2.75) is 12.8 Å². The molecule has 0 saturated heterocycles. The third-order valence-electron chi connectivity index (χ3n) is 4.89. The molecular formula is C22H28O7. The molecule has 0 aliphatic carbocycles.